The standard InChI is InChI=1S/C17H20BrNO2/c1-11(13-4-7-15(18)8-5-13)19-12(2)14-6-9-16(20)17(10-14)21-3/h4-12,19-20H,1-3H3/t11-,12?/m0/s1. The van der Waals surface area contributed by atoms with Crippen molar-refractivity contribution in [1.82, 2.24) is 5.32 Å². The molecule has 21 heavy (non-hydrogen) atoms. The van der Waals surface area contributed by atoms with Crippen LogP contribution < -0.4 is 10.1 Å². The fourth-order valence-electron chi connectivity index (χ4n) is 2.28. The highest BCUT2D eigenvalue weighted by atomic mass is 79.9. The minimum Gasteiger partial charge on any atom is -0.504 e. The van der Waals surface area contributed by atoms with Crippen LogP contribution in [0.3, 0.4) is 0 Å². The number of benzene rings is 2. The Morgan fingerprint density at radius 1 is 1.00 bits per heavy atom. The zero-order valence-corrected chi connectivity index (χ0v) is 14.0. The Morgan fingerprint density at radius 3 is 2.19 bits per heavy atom. The molecule has 4 heteroatoms. The van der Waals surface area contributed by atoms with Gasteiger partial charge in [-0.3, -0.25) is 0 Å². The Bertz CT molecular complexity index is 598. The van der Waals surface area contributed by atoms with Crippen molar-refractivity contribution in [3.63, 3.8) is 0 Å². The third-order valence-corrected chi connectivity index (χ3v) is 4.10. The third-order valence-electron chi connectivity index (χ3n) is 3.57. The van der Waals surface area contributed by atoms with Crippen LogP contribution in [-0.2, 0) is 0 Å². The lowest BCUT2D eigenvalue weighted by Gasteiger charge is -2.21. The van der Waals surface area contributed by atoms with Gasteiger partial charge in [0.1, 0.15) is 0 Å². The Labute approximate surface area is 134 Å². The van der Waals surface area contributed by atoms with Crippen molar-refractivity contribution in [2.45, 2.75) is 25.9 Å². The number of hydrogen-bond donors (Lipinski definition) is 2. The molecule has 2 aromatic carbocycles. The van der Waals surface area contributed by atoms with Crippen molar-refractivity contribution < 1.29 is 9.84 Å². The van der Waals surface area contributed by atoms with E-state index in [4.69, 9.17) is 4.74 Å². The highest BCUT2D eigenvalue weighted by Crippen LogP contribution is 2.29. The van der Waals surface area contributed by atoms with Crippen molar-refractivity contribution >= 4 is 15.9 Å². The number of phenolic OH excluding ortho intramolecular Hbond substituents is 1. The zero-order valence-electron chi connectivity index (χ0n) is 12.4. The number of hydrogen-bond acceptors (Lipinski definition) is 3. The van der Waals surface area contributed by atoms with E-state index in [1.807, 2.05) is 24.3 Å². The van der Waals surface area contributed by atoms with E-state index in [1.54, 1.807) is 13.2 Å². The second-order valence-electron chi connectivity index (χ2n) is 5.09. The molecule has 0 aliphatic carbocycles. The molecule has 0 saturated carbocycles. The van der Waals surface area contributed by atoms with Gasteiger partial charge in [-0.1, -0.05) is 34.1 Å². The van der Waals surface area contributed by atoms with Gasteiger partial charge in [-0.15, -0.1) is 0 Å². The second-order valence-corrected chi connectivity index (χ2v) is 6.01. The summed E-state index contributed by atoms with van der Waals surface area (Å²) in [6.07, 6.45) is 0. The van der Waals surface area contributed by atoms with Crippen LogP contribution in [-0.4, -0.2) is 12.2 Å². The first-order valence-corrected chi connectivity index (χ1v) is 7.69. The average Bonchev–Trinajstić information content (AvgIpc) is 2.48. The van der Waals surface area contributed by atoms with Gasteiger partial charge in [0.05, 0.1) is 7.11 Å². The summed E-state index contributed by atoms with van der Waals surface area (Å²) in [5.74, 6) is 0.659. The van der Waals surface area contributed by atoms with Crippen molar-refractivity contribution in [1.29, 1.82) is 0 Å². The Morgan fingerprint density at radius 2 is 1.57 bits per heavy atom. The molecule has 1 unspecified atom stereocenters. The lowest BCUT2D eigenvalue weighted by molar-refractivity contribution is 0.371. The minimum atomic E-state index is 0.151. The van der Waals surface area contributed by atoms with E-state index >= 15 is 0 Å². The molecule has 0 radical (unpaired) electrons. The number of ether oxygens (including phenoxy) is 1. The summed E-state index contributed by atoms with van der Waals surface area (Å²) in [7, 11) is 1.56. The molecule has 3 nitrogen and oxygen atoms in total. The van der Waals surface area contributed by atoms with Crippen LogP contribution in [0.4, 0.5) is 0 Å². The van der Waals surface area contributed by atoms with E-state index in [-0.39, 0.29) is 17.8 Å². The molecule has 2 N–H and O–H groups in total. The normalized spacial score (nSPS) is 13.7. The van der Waals surface area contributed by atoms with E-state index < -0.39 is 0 Å². The highest BCUT2D eigenvalue weighted by molar-refractivity contribution is 9.10. The summed E-state index contributed by atoms with van der Waals surface area (Å²) < 4.78 is 6.23. The van der Waals surface area contributed by atoms with Crippen LogP contribution in [0.5, 0.6) is 11.5 Å². The lowest BCUT2D eigenvalue weighted by atomic mass is 10.0. The van der Waals surface area contributed by atoms with Gasteiger partial charge < -0.3 is 15.2 Å². The first kappa shape index (κ1) is 15.9. The van der Waals surface area contributed by atoms with Gasteiger partial charge in [0, 0.05) is 16.6 Å². The Balaban J connectivity index is 2.10. The quantitative estimate of drug-likeness (QED) is 0.830. The molecule has 2 atom stereocenters. The second kappa shape index (κ2) is 6.96. The molecule has 0 aliphatic heterocycles. The van der Waals surface area contributed by atoms with Gasteiger partial charge in [0.2, 0.25) is 0 Å². The summed E-state index contributed by atoms with van der Waals surface area (Å²) >= 11 is 3.45. The lowest BCUT2D eigenvalue weighted by Crippen LogP contribution is -2.22. The SMILES string of the molecule is COc1cc(C(C)N[C@@H](C)c2ccc(Br)cc2)ccc1O. The molecule has 0 aliphatic rings. The molecular weight excluding hydrogens is 330 g/mol. The van der Waals surface area contributed by atoms with E-state index in [9.17, 15) is 5.11 Å². The molecule has 0 spiro atoms. The minimum absolute atomic E-state index is 0.151. The van der Waals surface area contributed by atoms with Crippen LogP contribution in [0.15, 0.2) is 46.9 Å². The fourth-order valence-corrected chi connectivity index (χ4v) is 2.55. The predicted octanol–water partition coefficient (Wildman–Crippen LogP) is 4.58. The van der Waals surface area contributed by atoms with E-state index in [1.165, 1.54) is 5.56 Å². The highest BCUT2D eigenvalue weighted by Gasteiger charge is 2.13. The molecule has 0 amide bonds. The topological polar surface area (TPSA) is 41.5 Å². The molecule has 2 rings (SSSR count). The average molecular weight is 350 g/mol. The first-order chi connectivity index (χ1) is 10.0. The van der Waals surface area contributed by atoms with Gasteiger partial charge in [-0.2, -0.15) is 0 Å². The molecular formula is C17H20BrNO2. The molecule has 0 fully saturated rings. The third kappa shape index (κ3) is 3.99. The smallest absolute Gasteiger partial charge is 0.160 e. The van der Waals surface area contributed by atoms with Crippen LogP contribution in [0, 0.1) is 0 Å². The number of rotatable bonds is 5. The summed E-state index contributed by atoms with van der Waals surface area (Å²) in [4.78, 5) is 0. The number of methoxy groups -OCH3 is 1. The summed E-state index contributed by atoms with van der Waals surface area (Å²) in [5.41, 5.74) is 2.31. The molecule has 2 aromatic rings. The fraction of sp³-hybridized carbons (Fsp3) is 0.294. The first-order valence-electron chi connectivity index (χ1n) is 6.89. The molecule has 0 bridgehead atoms. The van der Waals surface area contributed by atoms with E-state index in [2.05, 4.69) is 47.2 Å². The van der Waals surface area contributed by atoms with Gasteiger partial charge in [-0.25, -0.2) is 0 Å². The van der Waals surface area contributed by atoms with E-state index in [0.29, 0.717) is 5.75 Å². The van der Waals surface area contributed by atoms with Crippen LogP contribution in [0.25, 0.3) is 0 Å². The van der Waals surface area contributed by atoms with Gasteiger partial charge in [0.15, 0.2) is 11.5 Å². The van der Waals surface area contributed by atoms with Crippen molar-refractivity contribution in [2.24, 2.45) is 0 Å². The molecule has 112 valence electrons. The maximum absolute atomic E-state index is 9.65. The van der Waals surface area contributed by atoms with E-state index in [0.717, 1.165) is 10.0 Å². The zero-order chi connectivity index (χ0) is 15.4. The van der Waals surface area contributed by atoms with Crippen molar-refractivity contribution in [3.8, 4) is 11.5 Å². The molecule has 0 saturated heterocycles. The Kier molecular flexibility index (Phi) is 5.26. The van der Waals surface area contributed by atoms with Gasteiger partial charge in [-0.05, 0) is 49.2 Å². The van der Waals surface area contributed by atoms with Crippen LogP contribution in [0.1, 0.15) is 37.1 Å². The van der Waals surface area contributed by atoms with Crippen LogP contribution >= 0.6 is 15.9 Å². The molecule has 0 aromatic heterocycles. The number of aromatic hydroxyl groups is 1. The number of nitrogens with one attached hydrogen (secondary N) is 1. The Hall–Kier alpha value is -1.52. The molecule has 0 heterocycles. The maximum atomic E-state index is 9.65. The number of phenols is 1. The monoisotopic (exact) mass is 349 g/mol. The largest absolute Gasteiger partial charge is 0.504 e. The summed E-state index contributed by atoms with van der Waals surface area (Å²) in [6, 6.07) is 14.1. The van der Waals surface area contributed by atoms with Gasteiger partial charge in [0.25, 0.3) is 0 Å². The van der Waals surface area contributed by atoms with Crippen LogP contribution in [0.2, 0.25) is 0 Å². The maximum Gasteiger partial charge on any atom is 0.160 e. The summed E-state index contributed by atoms with van der Waals surface area (Å²) in [5, 5.41) is 13.2. The van der Waals surface area contributed by atoms with Crippen molar-refractivity contribution in [2.75, 3.05) is 7.11 Å². The predicted molar refractivity (Wildman–Crippen MR) is 88.8 cm³/mol. The number of halogens is 1. The van der Waals surface area contributed by atoms with Crippen molar-refractivity contribution in [3.05, 3.63) is 58.1 Å². The van der Waals surface area contributed by atoms with Gasteiger partial charge >= 0.3 is 0 Å². The summed E-state index contributed by atoms with van der Waals surface area (Å²) in [6.45, 7) is 4.23.